The van der Waals surface area contributed by atoms with Gasteiger partial charge >= 0.3 is 0 Å². The lowest BCUT2D eigenvalue weighted by Crippen LogP contribution is -2.50. The van der Waals surface area contributed by atoms with Crippen molar-refractivity contribution in [2.75, 3.05) is 19.6 Å². The first-order chi connectivity index (χ1) is 11.0. The second kappa shape index (κ2) is 6.82. The number of benzene rings is 1. The third-order valence-corrected chi connectivity index (χ3v) is 5.49. The summed E-state index contributed by atoms with van der Waals surface area (Å²) >= 11 is 6.09. The van der Waals surface area contributed by atoms with Crippen LogP contribution in [0.1, 0.15) is 45.1 Å². The molecule has 1 aliphatic heterocycles. The average molecular weight is 335 g/mol. The van der Waals surface area contributed by atoms with E-state index in [1.807, 2.05) is 43.0 Å². The predicted molar refractivity (Wildman–Crippen MR) is 94.8 cm³/mol. The van der Waals surface area contributed by atoms with Crippen LogP contribution in [0.4, 0.5) is 0 Å². The zero-order chi connectivity index (χ0) is 16.4. The summed E-state index contributed by atoms with van der Waals surface area (Å²) in [6, 6.07) is 8.24. The number of hydrogen-bond acceptors (Lipinski definition) is 2. The van der Waals surface area contributed by atoms with E-state index in [9.17, 15) is 4.79 Å². The number of carbonyl (C=O) groups excluding carboxylic acids is 1. The Morgan fingerprint density at radius 2 is 1.96 bits per heavy atom. The lowest BCUT2D eigenvalue weighted by molar-refractivity contribution is -0.137. The number of nitrogens with zero attached hydrogens (tertiary/aromatic N) is 1. The summed E-state index contributed by atoms with van der Waals surface area (Å²) in [5.41, 5.74) is 0.461. The highest BCUT2D eigenvalue weighted by molar-refractivity contribution is 6.30. The van der Waals surface area contributed by atoms with Gasteiger partial charge in [-0.25, -0.2) is 0 Å². The van der Waals surface area contributed by atoms with Gasteiger partial charge in [-0.2, -0.15) is 0 Å². The van der Waals surface area contributed by atoms with Crippen LogP contribution in [0.5, 0.6) is 0 Å². The molecular formula is C19H27ClN2O. The van der Waals surface area contributed by atoms with Gasteiger partial charge in [0.15, 0.2) is 0 Å². The molecule has 126 valence electrons. The molecule has 0 unspecified atom stereocenters. The van der Waals surface area contributed by atoms with Gasteiger partial charge in [0.1, 0.15) is 0 Å². The molecule has 2 fully saturated rings. The van der Waals surface area contributed by atoms with Crippen molar-refractivity contribution in [3.05, 3.63) is 34.9 Å². The number of hydrogen-bond donors (Lipinski definition) is 1. The molecule has 1 heterocycles. The maximum absolute atomic E-state index is 13.0. The Hall–Kier alpha value is -1.06. The molecule has 0 spiro atoms. The number of piperidine rings is 1. The number of amides is 1. The fraction of sp³-hybridized carbons (Fsp3) is 0.632. The zero-order valence-corrected chi connectivity index (χ0v) is 14.9. The summed E-state index contributed by atoms with van der Waals surface area (Å²) in [7, 11) is 0. The van der Waals surface area contributed by atoms with Gasteiger partial charge in [0.05, 0.1) is 5.41 Å². The number of nitrogens with one attached hydrogen (secondary N) is 1. The van der Waals surface area contributed by atoms with Crippen LogP contribution in [0.15, 0.2) is 24.3 Å². The van der Waals surface area contributed by atoms with E-state index in [4.69, 9.17) is 11.6 Å². The number of carbonyl (C=O) groups is 1. The largest absolute Gasteiger partial charge is 0.342 e. The summed E-state index contributed by atoms with van der Waals surface area (Å²) in [6.07, 6.45) is 4.89. The lowest BCUT2D eigenvalue weighted by Gasteiger charge is -2.37. The zero-order valence-electron chi connectivity index (χ0n) is 14.1. The van der Waals surface area contributed by atoms with Gasteiger partial charge in [-0.3, -0.25) is 4.79 Å². The standard InChI is InChI=1S/C19H27ClN2O/c1-19(2,15-4-3-5-16(20)12-15)18(23)22-10-8-17(9-11-22)21-13-14-6-7-14/h3-5,12,14,17,21H,6-11,13H2,1-2H3. The number of halogens is 1. The van der Waals surface area contributed by atoms with E-state index in [1.54, 1.807) is 0 Å². The van der Waals surface area contributed by atoms with Crippen molar-refractivity contribution < 1.29 is 4.79 Å². The molecule has 23 heavy (non-hydrogen) atoms. The lowest BCUT2D eigenvalue weighted by atomic mass is 9.82. The van der Waals surface area contributed by atoms with Gasteiger partial charge in [0, 0.05) is 24.2 Å². The topological polar surface area (TPSA) is 32.3 Å². The van der Waals surface area contributed by atoms with Crippen molar-refractivity contribution in [3.8, 4) is 0 Å². The van der Waals surface area contributed by atoms with Crippen LogP contribution in [-0.4, -0.2) is 36.5 Å². The molecule has 0 radical (unpaired) electrons. The summed E-state index contributed by atoms with van der Waals surface area (Å²) in [6.45, 7) is 6.86. The third-order valence-electron chi connectivity index (χ3n) is 5.26. The molecule has 1 amide bonds. The minimum absolute atomic E-state index is 0.209. The van der Waals surface area contributed by atoms with Crippen LogP contribution in [0.2, 0.25) is 5.02 Å². The SMILES string of the molecule is CC(C)(C(=O)N1CCC(NCC2CC2)CC1)c1cccc(Cl)c1. The van der Waals surface area contributed by atoms with Gasteiger partial charge in [-0.15, -0.1) is 0 Å². The number of likely N-dealkylation sites (tertiary alicyclic amines) is 1. The first-order valence-corrected chi connectivity index (χ1v) is 9.13. The van der Waals surface area contributed by atoms with Crippen LogP contribution in [-0.2, 0) is 10.2 Å². The second-order valence-corrected chi connectivity index (χ2v) is 7.99. The van der Waals surface area contributed by atoms with E-state index in [-0.39, 0.29) is 5.91 Å². The highest BCUT2D eigenvalue weighted by Gasteiger charge is 2.35. The molecule has 1 aromatic carbocycles. The summed E-state index contributed by atoms with van der Waals surface area (Å²) < 4.78 is 0. The van der Waals surface area contributed by atoms with E-state index in [0.717, 1.165) is 44.0 Å². The van der Waals surface area contributed by atoms with Gasteiger partial charge in [0.2, 0.25) is 5.91 Å². The Labute approximate surface area is 144 Å². The molecule has 1 aromatic rings. The molecule has 1 saturated carbocycles. The Balaban J connectivity index is 1.57. The van der Waals surface area contributed by atoms with E-state index < -0.39 is 5.41 Å². The molecular weight excluding hydrogens is 308 g/mol. The van der Waals surface area contributed by atoms with Crippen molar-refractivity contribution in [2.24, 2.45) is 5.92 Å². The molecule has 3 nitrogen and oxygen atoms in total. The summed E-state index contributed by atoms with van der Waals surface area (Å²) in [4.78, 5) is 15.0. The van der Waals surface area contributed by atoms with Gasteiger partial charge in [-0.1, -0.05) is 23.7 Å². The highest BCUT2D eigenvalue weighted by atomic mass is 35.5. The molecule has 0 bridgehead atoms. The van der Waals surface area contributed by atoms with Crippen molar-refractivity contribution in [3.63, 3.8) is 0 Å². The van der Waals surface area contributed by atoms with Crippen LogP contribution in [0.25, 0.3) is 0 Å². The Morgan fingerprint density at radius 3 is 2.57 bits per heavy atom. The first kappa shape index (κ1) is 16.8. The van der Waals surface area contributed by atoms with Crippen molar-refractivity contribution in [1.29, 1.82) is 0 Å². The van der Waals surface area contributed by atoms with Crippen LogP contribution >= 0.6 is 11.6 Å². The molecule has 1 aliphatic carbocycles. The van der Waals surface area contributed by atoms with Crippen molar-refractivity contribution >= 4 is 17.5 Å². The quantitative estimate of drug-likeness (QED) is 0.892. The maximum atomic E-state index is 13.0. The van der Waals surface area contributed by atoms with Gasteiger partial charge < -0.3 is 10.2 Å². The van der Waals surface area contributed by atoms with Crippen LogP contribution in [0, 0.1) is 5.92 Å². The third kappa shape index (κ3) is 4.07. The fourth-order valence-electron chi connectivity index (χ4n) is 3.34. The Kier molecular flexibility index (Phi) is 4.98. The van der Waals surface area contributed by atoms with E-state index >= 15 is 0 Å². The molecule has 0 aromatic heterocycles. The molecule has 2 aliphatic rings. The predicted octanol–water partition coefficient (Wildman–Crippen LogP) is 3.61. The van der Waals surface area contributed by atoms with Gasteiger partial charge in [0.25, 0.3) is 0 Å². The molecule has 0 atom stereocenters. The minimum atomic E-state index is -0.529. The maximum Gasteiger partial charge on any atom is 0.232 e. The van der Waals surface area contributed by atoms with E-state index in [1.165, 1.54) is 12.8 Å². The first-order valence-electron chi connectivity index (χ1n) is 8.75. The summed E-state index contributed by atoms with van der Waals surface area (Å²) in [5.74, 6) is 1.12. The Bertz CT molecular complexity index is 560. The average Bonchev–Trinajstić information content (AvgIpc) is 3.37. The number of rotatable bonds is 5. The van der Waals surface area contributed by atoms with E-state index in [0.29, 0.717) is 11.1 Å². The van der Waals surface area contributed by atoms with Crippen molar-refractivity contribution in [2.45, 2.75) is 51.0 Å². The molecule has 3 rings (SSSR count). The van der Waals surface area contributed by atoms with E-state index in [2.05, 4.69) is 5.32 Å². The minimum Gasteiger partial charge on any atom is -0.342 e. The Morgan fingerprint density at radius 1 is 1.26 bits per heavy atom. The second-order valence-electron chi connectivity index (χ2n) is 7.55. The monoisotopic (exact) mass is 334 g/mol. The fourth-order valence-corrected chi connectivity index (χ4v) is 3.53. The highest BCUT2D eigenvalue weighted by Crippen LogP contribution is 2.30. The summed E-state index contributed by atoms with van der Waals surface area (Å²) in [5, 5.41) is 4.35. The molecule has 1 saturated heterocycles. The molecule has 4 heteroatoms. The normalized spacial score (nSPS) is 19.9. The van der Waals surface area contributed by atoms with Crippen LogP contribution < -0.4 is 5.32 Å². The van der Waals surface area contributed by atoms with Crippen LogP contribution in [0.3, 0.4) is 0 Å². The van der Waals surface area contributed by atoms with Gasteiger partial charge in [-0.05, 0) is 69.7 Å². The molecule has 1 N–H and O–H groups in total. The smallest absolute Gasteiger partial charge is 0.232 e. The van der Waals surface area contributed by atoms with Crippen molar-refractivity contribution in [1.82, 2.24) is 10.2 Å².